The highest BCUT2D eigenvalue weighted by atomic mass is 15.0. The minimum atomic E-state index is 0.715. The summed E-state index contributed by atoms with van der Waals surface area (Å²) in [7, 11) is 0. The molecule has 0 radical (unpaired) electrons. The van der Waals surface area contributed by atoms with Crippen LogP contribution >= 0.6 is 0 Å². The number of hydrogen-bond donors (Lipinski definition) is 0. The van der Waals surface area contributed by atoms with Crippen LogP contribution in [0.15, 0.2) is 303 Å². The number of hydrogen-bond acceptors (Lipinski definition) is 4. The summed E-state index contributed by atoms with van der Waals surface area (Å²) in [6.45, 7) is 0. The molecule has 0 bridgehead atoms. The molecule has 0 atom stereocenters. The largest absolute Gasteiger partial charge is 0.309 e. The summed E-state index contributed by atoms with van der Waals surface area (Å²) >= 11 is 0. The van der Waals surface area contributed by atoms with Crippen LogP contribution in [0.3, 0.4) is 0 Å². The summed E-state index contributed by atoms with van der Waals surface area (Å²) in [5.41, 5.74) is 19.3. The predicted molar refractivity (Wildman–Crippen MR) is 331 cm³/mol. The van der Waals surface area contributed by atoms with Gasteiger partial charge in [-0.1, -0.05) is 243 Å². The fourth-order valence-corrected chi connectivity index (χ4v) is 11.0. The summed E-state index contributed by atoms with van der Waals surface area (Å²) in [4.78, 5) is 19.9. The molecule has 4 heterocycles. The third-order valence-electron chi connectivity index (χ3n) is 14.9. The fraction of sp³-hybridized carbons (Fsp3) is 0. The van der Waals surface area contributed by atoms with Crippen molar-refractivity contribution in [1.29, 1.82) is 0 Å². The van der Waals surface area contributed by atoms with Crippen LogP contribution < -0.4 is 0 Å². The SMILES string of the molecule is c1ccc(-c2cc(-c3ccc(-n4c5ccccc5c5ccccc54)cc3)nc(-c3ccccc3)n2)cc1.c1ccc(-c2ccc(-c3cc(-c4ccc(-n5c6ccccc6c6ccccc65)cc4)nc(-c4ccccc4)n3)cc2)cc1. The van der Waals surface area contributed by atoms with Gasteiger partial charge in [-0.2, -0.15) is 0 Å². The zero-order valence-corrected chi connectivity index (χ0v) is 43.6. The standard InChI is InChI=1S/C40H27N3.C34H23N3/c1-3-11-28(12-4-1)29-19-21-30(22-20-29)36-27-37(42-40(41-36)32-13-5-2-6-14-32)31-23-25-33(26-24-31)43-38-17-9-7-15-34(38)35-16-8-10-18-39(35)43;1-3-11-24(12-4-1)30-23-31(36-34(35-30)26-13-5-2-6-14-26)25-19-21-27(22-20-25)37-32-17-9-7-15-28(32)29-16-8-10-18-33(29)37/h1-27H;1-23H. The zero-order chi connectivity index (χ0) is 53.2. The number of para-hydroxylation sites is 4. The van der Waals surface area contributed by atoms with E-state index in [-0.39, 0.29) is 0 Å². The van der Waals surface area contributed by atoms with Crippen molar-refractivity contribution in [2.75, 3.05) is 0 Å². The Hall–Kier alpha value is -10.8. The third kappa shape index (κ3) is 9.16. The second kappa shape index (κ2) is 21.0. The van der Waals surface area contributed by atoms with Crippen molar-refractivity contribution < 1.29 is 0 Å². The molecule has 0 amide bonds. The number of nitrogens with zero attached hydrogens (tertiary/aromatic N) is 6. The van der Waals surface area contributed by atoms with Gasteiger partial charge in [-0.05, 0) is 71.8 Å². The maximum Gasteiger partial charge on any atom is 0.160 e. The number of aromatic nitrogens is 6. The molecule has 15 rings (SSSR count). The molecular formula is C74H50N6. The lowest BCUT2D eigenvalue weighted by molar-refractivity contribution is 1.17. The van der Waals surface area contributed by atoms with Crippen molar-refractivity contribution in [3.05, 3.63) is 303 Å². The van der Waals surface area contributed by atoms with E-state index < -0.39 is 0 Å². The van der Waals surface area contributed by atoms with Crippen LogP contribution in [0.2, 0.25) is 0 Å². The topological polar surface area (TPSA) is 61.4 Å². The van der Waals surface area contributed by atoms with E-state index in [1.54, 1.807) is 0 Å². The molecule has 6 heteroatoms. The van der Waals surface area contributed by atoms with Gasteiger partial charge in [-0.3, -0.25) is 0 Å². The predicted octanol–water partition coefficient (Wildman–Crippen LogP) is 18.8. The first-order valence-corrected chi connectivity index (χ1v) is 27.0. The van der Waals surface area contributed by atoms with Crippen LogP contribution in [-0.2, 0) is 0 Å². The van der Waals surface area contributed by atoms with Gasteiger partial charge in [-0.25, -0.2) is 19.9 Å². The van der Waals surface area contributed by atoms with Crippen LogP contribution in [0.1, 0.15) is 0 Å². The smallest absolute Gasteiger partial charge is 0.160 e. The van der Waals surface area contributed by atoms with Gasteiger partial charge in [0.15, 0.2) is 11.6 Å². The Kier molecular flexibility index (Phi) is 12.5. The van der Waals surface area contributed by atoms with E-state index in [9.17, 15) is 0 Å². The molecular weight excluding hydrogens is 973 g/mol. The zero-order valence-electron chi connectivity index (χ0n) is 43.6. The molecule has 0 unspecified atom stereocenters. The van der Waals surface area contributed by atoms with Crippen molar-refractivity contribution in [2.24, 2.45) is 0 Å². The molecule has 0 fully saturated rings. The maximum atomic E-state index is 5.04. The van der Waals surface area contributed by atoms with Crippen molar-refractivity contribution in [3.8, 4) is 90.3 Å². The Balaban J connectivity index is 0.000000146. The van der Waals surface area contributed by atoms with E-state index in [1.165, 1.54) is 54.7 Å². The Bertz CT molecular complexity index is 4480. The first-order chi connectivity index (χ1) is 39.7. The van der Waals surface area contributed by atoms with Crippen LogP contribution in [0, 0.1) is 0 Å². The van der Waals surface area contributed by atoms with Crippen LogP contribution in [0.25, 0.3) is 134 Å². The minimum absolute atomic E-state index is 0.715. The molecule has 15 aromatic rings. The van der Waals surface area contributed by atoms with Crippen LogP contribution in [0.4, 0.5) is 0 Å². The molecule has 80 heavy (non-hydrogen) atoms. The van der Waals surface area contributed by atoms with E-state index in [0.717, 1.165) is 73.4 Å². The summed E-state index contributed by atoms with van der Waals surface area (Å²) in [6.07, 6.45) is 0. The van der Waals surface area contributed by atoms with Gasteiger partial charge >= 0.3 is 0 Å². The second-order valence-corrected chi connectivity index (χ2v) is 19.8. The molecule has 4 aromatic heterocycles. The first-order valence-electron chi connectivity index (χ1n) is 27.0. The normalized spacial score (nSPS) is 11.2. The molecule has 0 saturated carbocycles. The highest BCUT2D eigenvalue weighted by Crippen LogP contribution is 2.36. The van der Waals surface area contributed by atoms with Crippen LogP contribution in [0.5, 0.6) is 0 Å². The molecule has 6 nitrogen and oxygen atoms in total. The average Bonchev–Trinajstić information content (AvgIpc) is 4.12. The van der Waals surface area contributed by atoms with Gasteiger partial charge in [0.1, 0.15) is 0 Å². The lowest BCUT2D eigenvalue weighted by Crippen LogP contribution is -1.97. The Morgan fingerprint density at radius 3 is 0.738 bits per heavy atom. The third-order valence-corrected chi connectivity index (χ3v) is 14.9. The van der Waals surface area contributed by atoms with Gasteiger partial charge in [0, 0.05) is 66.3 Å². The Labute approximate surface area is 463 Å². The van der Waals surface area contributed by atoms with E-state index in [2.05, 4.69) is 252 Å². The summed E-state index contributed by atoms with van der Waals surface area (Å²) in [6, 6.07) is 106. The van der Waals surface area contributed by atoms with Gasteiger partial charge < -0.3 is 9.13 Å². The number of benzene rings is 11. The Morgan fingerprint density at radius 2 is 0.412 bits per heavy atom. The van der Waals surface area contributed by atoms with Gasteiger partial charge in [-0.15, -0.1) is 0 Å². The van der Waals surface area contributed by atoms with Crippen molar-refractivity contribution in [3.63, 3.8) is 0 Å². The second-order valence-electron chi connectivity index (χ2n) is 19.8. The monoisotopic (exact) mass is 1020 g/mol. The molecule has 0 aliphatic rings. The molecule has 0 aliphatic carbocycles. The maximum absolute atomic E-state index is 5.04. The molecule has 0 aliphatic heterocycles. The highest BCUT2D eigenvalue weighted by molar-refractivity contribution is 6.10. The number of rotatable bonds is 9. The molecule has 0 saturated heterocycles. The lowest BCUT2D eigenvalue weighted by atomic mass is 10.0. The number of fused-ring (bicyclic) bond motifs is 6. The van der Waals surface area contributed by atoms with Crippen molar-refractivity contribution in [1.82, 2.24) is 29.1 Å². The average molecular weight is 1020 g/mol. The van der Waals surface area contributed by atoms with Crippen LogP contribution in [-0.4, -0.2) is 29.1 Å². The van der Waals surface area contributed by atoms with E-state index in [0.29, 0.717) is 5.82 Å². The highest BCUT2D eigenvalue weighted by Gasteiger charge is 2.17. The Morgan fingerprint density at radius 1 is 0.188 bits per heavy atom. The van der Waals surface area contributed by atoms with Gasteiger partial charge in [0.05, 0.1) is 44.8 Å². The lowest BCUT2D eigenvalue weighted by Gasteiger charge is -2.12. The first kappa shape index (κ1) is 47.6. The van der Waals surface area contributed by atoms with E-state index in [4.69, 9.17) is 19.9 Å². The molecule has 376 valence electrons. The van der Waals surface area contributed by atoms with Gasteiger partial charge in [0.25, 0.3) is 0 Å². The van der Waals surface area contributed by atoms with E-state index in [1.807, 2.05) is 60.7 Å². The molecule has 11 aromatic carbocycles. The molecule has 0 spiro atoms. The summed E-state index contributed by atoms with van der Waals surface area (Å²) in [5, 5.41) is 5.04. The minimum Gasteiger partial charge on any atom is -0.309 e. The van der Waals surface area contributed by atoms with E-state index >= 15 is 0 Å². The van der Waals surface area contributed by atoms with Gasteiger partial charge in [0.2, 0.25) is 0 Å². The van der Waals surface area contributed by atoms with Crippen molar-refractivity contribution >= 4 is 43.6 Å². The fourth-order valence-electron chi connectivity index (χ4n) is 11.0. The molecule has 0 N–H and O–H groups in total. The summed E-state index contributed by atoms with van der Waals surface area (Å²) in [5.74, 6) is 1.44. The quantitative estimate of drug-likeness (QED) is 0.145. The van der Waals surface area contributed by atoms with Crippen molar-refractivity contribution in [2.45, 2.75) is 0 Å². The summed E-state index contributed by atoms with van der Waals surface area (Å²) < 4.78 is 4.67.